The van der Waals surface area contributed by atoms with Gasteiger partial charge in [-0.05, 0) is 24.1 Å². The molecule has 2 aromatic rings. The molecule has 2 rings (SSSR count). The Morgan fingerprint density at radius 3 is 2.75 bits per heavy atom. The molecule has 0 fully saturated rings. The number of aromatic nitrogens is 2. The van der Waals surface area contributed by atoms with E-state index < -0.39 is 0 Å². The molecule has 1 unspecified atom stereocenters. The molecule has 0 aliphatic carbocycles. The minimum absolute atomic E-state index is 0.330. The van der Waals surface area contributed by atoms with Crippen LogP contribution in [0.3, 0.4) is 0 Å². The van der Waals surface area contributed by atoms with Crippen molar-refractivity contribution in [3.63, 3.8) is 0 Å². The highest BCUT2D eigenvalue weighted by Gasteiger charge is 2.07. The Balaban J connectivity index is 1.87. The average Bonchev–Trinajstić information content (AvgIpc) is 2.87. The summed E-state index contributed by atoms with van der Waals surface area (Å²) in [7, 11) is 0. The fraction of sp³-hybridized carbons (Fsp3) is 0.429. The molecule has 2 N–H and O–H groups in total. The predicted molar refractivity (Wildman–Crippen MR) is 83.6 cm³/mol. The monoisotopic (exact) mass is 311 g/mol. The largest absolute Gasteiger partial charge is 0.391 e. The van der Waals surface area contributed by atoms with Gasteiger partial charge in [-0.2, -0.15) is 0 Å². The van der Waals surface area contributed by atoms with Crippen molar-refractivity contribution in [1.29, 1.82) is 0 Å². The zero-order chi connectivity index (χ0) is 14.4. The summed E-state index contributed by atoms with van der Waals surface area (Å²) in [5.41, 5.74) is 1.16. The highest BCUT2D eigenvalue weighted by atomic mass is 35.5. The second-order valence-corrected chi connectivity index (χ2v) is 6.13. The van der Waals surface area contributed by atoms with Crippen LogP contribution in [0.25, 0.3) is 0 Å². The maximum atomic E-state index is 9.66. The van der Waals surface area contributed by atoms with Crippen LogP contribution in [0, 0.1) is 0 Å². The molecule has 1 aromatic carbocycles. The second-order valence-electron chi connectivity index (χ2n) is 4.63. The predicted octanol–water partition coefficient (Wildman–Crippen LogP) is 3.36. The van der Waals surface area contributed by atoms with E-state index >= 15 is 0 Å². The van der Waals surface area contributed by atoms with Gasteiger partial charge < -0.3 is 10.4 Å². The average molecular weight is 312 g/mol. The number of halogens is 1. The van der Waals surface area contributed by atoms with Gasteiger partial charge in [-0.25, -0.2) is 0 Å². The quantitative estimate of drug-likeness (QED) is 0.823. The Bertz CT molecular complexity index is 529. The van der Waals surface area contributed by atoms with Gasteiger partial charge in [0.05, 0.1) is 6.10 Å². The van der Waals surface area contributed by atoms with Crippen molar-refractivity contribution in [1.82, 2.24) is 10.2 Å². The van der Waals surface area contributed by atoms with Crippen molar-refractivity contribution in [3.8, 4) is 0 Å². The van der Waals surface area contributed by atoms with Crippen LogP contribution < -0.4 is 5.32 Å². The SMILES string of the molecule is CCCC(O)CNc1nnc(Cc2ccc(Cl)cc2)s1. The van der Waals surface area contributed by atoms with E-state index in [1.807, 2.05) is 24.3 Å². The first kappa shape index (κ1) is 15.2. The maximum Gasteiger partial charge on any atom is 0.205 e. The topological polar surface area (TPSA) is 58.0 Å². The Morgan fingerprint density at radius 2 is 2.05 bits per heavy atom. The van der Waals surface area contributed by atoms with Crippen molar-refractivity contribution >= 4 is 28.1 Å². The van der Waals surface area contributed by atoms with Gasteiger partial charge in [0, 0.05) is 18.0 Å². The standard InChI is InChI=1S/C14H18ClN3OS/c1-2-3-12(19)9-16-14-18-17-13(20-14)8-10-4-6-11(15)7-5-10/h4-7,12,19H,2-3,8-9H2,1H3,(H,16,18). The smallest absolute Gasteiger partial charge is 0.205 e. The lowest BCUT2D eigenvalue weighted by Gasteiger charge is -2.08. The zero-order valence-corrected chi connectivity index (χ0v) is 12.9. The van der Waals surface area contributed by atoms with Gasteiger partial charge in [0.15, 0.2) is 0 Å². The van der Waals surface area contributed by atoms with Crippen LogP contribution in [0.4, 0.5) is 5.13 Å². The summed E-state index contributed by atoms with van der Waals surface area (Å²) in [6.07, 6.45) is 2.18. The number of aliphatic hydroxyl groups excluding tert-OH is 1. The van der Waals surface area contributed by atoms with Crippen LogP contribution in [0.5, 0.6) is 0 Å². The number of hydrogen-bond acceptors (Lipinski definition) is 5. The van der Waals surface area contributed by atoms with E-state index in [1.54, 1.807) is 0 Å². The van der Waals surface area contributed by atoms with Crippen molar-refractivity contribution in [2.24, 2.45) is 0 Å². The van der Waals surface area contributed by atoms with Gasteiger partial charge in [0.25, 0.3) is 0 Å². The van der Waals surface area contributed by atoms with Crippen LogP contribution in [0.2, 0.25) is 5.02 Å². The summed E-state index contributed by atoms with van der Waals surface area (Å²) < 4.78 is 0. The molecular weight excluding hydrogens is 294 g/mol. The number of nitrogens with zero attached hydrogens (tertiary/aromatic N) is 2. The molecular formula is C14H18ClN3OS. The highest BCUT2D eigenvalue weighted by Crippen LogP contribution is 2.19. The molecule has 0 aliphatic rings. The lowest BCUT2D eigenvalue weighted by atomic mass is 10.2. The van der Waals surface area contributed by atoms with E-state index in [4.69, 9.17) is 11.6 Å². The number of anilines is 1. The maximum absolute atomic E-state index is 9.66. The van der Waals surface area contributed by atoms with E-state index in [2.05, 4.69) is 22.4 Å². The van der Waals surface area contributed by atoms with Crippen molar-refractivity contribution in [3.05, 3.63) is 39.9 Å². The van der Waals surface area contributed by atoms with Crippen LogP contribution in [-0.2, 0) is 6.42 Å². The Labute approximate surface area is 127 Å². The first-order valence-corrected chi connectivity index (χ1v) is 7.85. The van der Waals surface area contributed by atoms with E-state index in [9.17, 15) is 5.11 Å². The molecule has 0 bridgehead atoms. The number of rotatable bonds is 7. The Morgan fingerprint density at radius 1 is 1.30 bits per heavy atom. The van der Waals surface area contributed by atoms with Gasteiger partial charge in [-0.1, -0.05) is 48.4 Å². The first-order valence-electron chi connectivity index (χ1n) is 6.66. The van der Waals surface area contributed by atoms with Gasteiger partial charge in [-0.3, -0.25) is 0 Å². The van der Waals surface area contributed by atoms with Crippen molar-refractivity contribution < 1.29 is 5.11 Å². The zero-order valence-electron chi connectivity index (χ0n) is 11.3. The van der Waals surface area contributed by atoms with E-state index in [0.717, 1.165) is 40.0 Å². The number of aliphatic hydroxyl groups is 1. The third-order valence-electron chi connectivity index (χ3n) is 2.85. The molecule has 1 aromatic heterocycles. The van der Waals surface area contributed by atoms with Crippen LogP contribution in [0.15, 0.2) is 24.3 Å². The second kappa shape index (κ2) is 7.57. The van der Waals surface area contributed by atoms with Gasteiger partial charge >= 0.3 is 0 Å². The number of nitrogens with one attached hydrogen (secondary N) is 1. The first-order chi connectivity index (χ1) is 9.67. The summed E-state index contributed by atoms with van der Waals surface area (Å²) in [6.45, 7) is 2.57. The highest BCUT2D eigenvalue weighted by molar-refractivity contribution is 7.15. The van der Waals surface area contributed by atoms with Crippen LogP contribution in [0.1, 0.15) is 30.3 Å². The summed E-state index contributed by atoms with van der Waals surface area (Å²) in [4.78, 5) is 0. The molecule has 0 aliphatic heterocycles. The third-order valence-corrected chi connectivity index (χ3v) is 3.98. The van der Waals surface area contributed by atoms with E-state index in [1.165, 1.54) is 11.3 Å². The van der Waals surface area contributed by atoms with E-state index in [0.29, 0.717) is 6.54 Å². The fourth-order valence-electron chi connectivity index (χ4n) is 1.81. The number of hydrogen-bond donors (Lipinski definition) is 2. The lowest BCUT2D eigenvalue weighted by molar-refractivity contribution is 0.176. The normalized spacial score (nSPS) is 12.3. The van der Waals surface area contributed by atoms with Gasteiger partial charge in [0.1, 0.15) is 5.01 Å². The molecule has 0 radical (unpaired) electrons. The van der Waals surface area contributed by atoms with Gasteiger partial charge in [0.2, 0.25) is 5.13 Å². The molecule has 0 saturated carbocycles. The summed E-state index contributed by atoms with van der Waals surface area (Å²) >= 11 is 7.37. The van der Waals surface area contributed by atoms with Crippen LogP contribution >= 0.6 is 22.9 Å². The minimum Gasteiger partial charge on any atom is -0.391 e. The Kier molecular flexibility index (Phi) is 5.76. The molecule has 4 nitrogen and oxygen atoms in total. The molecule has 0 amide bonds. The molecule has 1 atom stereocenters. The molecule has 1 heterocycles. The third kappa shape index (κ3) is 4.74. The minimum atomic E-state index is -0.330. The summed E-state index contributed by atoms with van der Waals surface area (Å²) in [6, 6.07) is 7.72. The molecule has 6 heteroatoms. The van der Waals surface area contributed by atoms with Crippen LogP contribution in [-0.4, -0.2) is 28.0 Å². The lowest BCUT2D eigenvalue weighted by Crippen LogP contribution is -2.18. The molecule has 20 heavy (non-hydrogen) atoms. The summed E-state index contributed by atoms with van der Waals surface area (Å²) in [5, 5.41) is 23.4. The fourth-order valence-corrected chi connectivity index (χ4v) is 2.72. The van der Waals surface area contributed by atoms with E-state index in [-0.39, 0.29) is 6.10 Å². The molecule has 0 saturated heterocycles. The molecule has 108 valence electrons. The number of benzene rings is 1. The van der Waals surface area contributed by atoms with Crippen molar-refractivity contribution in [2.75, 3.05) is 11.9 Å². The Hall–Kier alpha value is -1.17. The summed E-state index contributed by atoms with van der Waals surface area (Å²) in [5.74, 6) is 0. The van der Waals surface area contributed by atoms with Crippen molar-refractivity contribution in [2.45, 2.75) is 32.3 Å². The van der Waals surface area contributed by atoms with Gasteiger partial charge in [-0.15, -0.1) is 10.2 Å². The molecule has 0 spiro atoms.